The van der Waals surface area contributed by atoms with Gasteiger partial charge in [-0.15, -0.1) is 0 Å². The van der Waals surface area contributed by atoms with Crippen molar-refractivity contribution in [2.45, 2.75) is 20.0 Å². The monoisotopic (exact) mass is 220 g/mol. The van der Waals surface area contributed by atoms with Crippen LogP contribution in [-0.4, -0.2) is 19.2 Å². The molecule has 1 aromatic rings. The molecule has 0 saturated heterocycles. The van der Waals surface area contributed by atoms with Crippen LogP contribution in [0.1, 0.15) is 19.4 Å². The third-order valence-electron chi connectivity index (χ3n) is 2.21. The molecule has 0 fully saturated rings. The maximum Gasteiger partial charge on any atom is 0.346 e. The molecule has 0 N–H and O–H groups in total. The van der Waals surface area contributed by atoms with Gasteiger partial charge in [0.05, 0.1) is 13.4 Å². The Balaban J connectivity index is 2.62. The second-order valence-corrected chi connectivity index (χ2v) is 3.47. The lowest BCUT2D eigenvalue weighted by Gasteiger charge is -2.09. The number of methoxy groups -OCH3 is 1. The predicted molar refractivity (Wildman–Crippen MR) is 62.7 cm³/mol. The molecule has 0 aromatic heterocycles. The van der Waals surface area contributed by atoms with Gasteiger partial charge in [-0.25, -0.2) is 4.79 Å². The van der Waals surface area contributed by atoms with Gasteiger partial charge in [0.15, 0.2) is 6.10 Å². The first kappa shape index (κ1) is 12.3. The highest BCUT2D eigenvalue weighted by Gasteiger charge is 2.12. The van der Waals surface area contributed by atoms with Crippen LogP contribution < -0.4 is 0 Å². The molecule has 1 rings (SSSR count). The number of allylic oxidation sites excluding steroid dienone is 1. The highest BCUT2D eigenvalue weighted by Crippen LogP contribution is 2.13. The van der Waals surface area contributed by atoms with E-state index in [4.69, 9.17) is 4.74 Å². The summed E-state index contributed by atoms with van der Waals surface area (Å²) >= 11 is 0. The fraction of sp³-hybridized carbons (Fsp3) is 0.308. The van der Waals surface area contributed by atoms with Crippen LogP contribution in [0.3, 0.4) is 0 Å². The first-order valence-electron chi connectivity index (χ1n) is 5.10. The van der Waals surface area contributed by atoms with Crippen LogP contribution in [0.5, 0.6) is 0 Å². The van der Waals surface area contributed by atoms with E-state index in [0.29, 0.717) is 0 Å². The van der Waals surface area contributed by atoms with Crippen molar-refractivity contribution in [3.05, 3.63) is 42.2 Å². The normalized spacial score (nSPS) is 13.1. The van der Waals surface area contributed by atoms with Crippen LogP contribution in [0.4, 0.5) is 0 Å². The molecule has 0 spiro atoms. The average Bonchev–Trinajstić information content (AvgIpc) is 2.35. The topological polar surface area (TPSA) is 35.5 Å². The van der Waals surface area contributed by atoms with E-state index in [9.17, 15) is 4.79 Å². The summed E-state index contributed by atoms with van der Waals surface area (Å²) in [4.78, 5) is 11.1. The number of hydrogen-bond acceptors (Lipinski definition) is 3. The third-order valence-corrected chi connectivity index (χ3v) is 2.21. The standard InChI is InChI=1S/C13H16O3/c1-10(12-7-5-4-6-8-12)9-16-11(2)13(14)15-3/h4-9,11H,1-3H3/t11-/m0/s1. The van der Waals surface area contributed by atoms with Crippen molar-refractivity contribution in [1.82, 2.24) is 0 Å². The summed E-state index contributed by atoms with van der Waals surface area (Å²) in [6.45, 7) is 3.58. The van der Waals surface area contributed by atoms with E-state index in [2.05, 4.69) is 4.74 Å². The van der Waals surface area contributed by atoms with Crippen molar-refractivity contribution in [3.63, 3.8) is 0 Å². The fourth-order valence-corrected chi connectivity index (χ4v) is 1.19. The van der Waals surface area contributed by atoms with Gasteiger partial charge in [-0.3, -0.25) is 0 Å². The van der Waals surface area contributed by atoms with E-state index >= 15 is 0 Å². The molecular weight excluding hydrogens is 204 g/mol. The first-order valence-corrected chi connectivity index (χ1v) is 5.10. The molecule has 0 heterocycles. The Bertz CT molecular complexity index is 368. The van der Waals surface area contributed by atoms with Crippen molar-refractivity contribution in [2.75, 3.05) is 7.11 Å². The molecule has 3 heteroatoms. The molecule has 1 aromatic carbocycles. The lowest BCUT2D eigenvalue weighted by Crippen LogP contribution is -2.19. The van der Waals surface area contributed by atoms with Crippen LogP contribution in [0.2, 0.25) is 0 Å². The van der Waals surface area contributed by atoms with E-state index in [0.717, 1.165) is 11.1 Å². The SMILES string of the molecule is COC(=O)[C@H](C)OC=C(C)c1ccccc1. The Kier molecular flexibility index (Phi) is 4.58. The van der Waals surface area contributed by atoms with E-state index in [1.165, 1.54) is 7.11 Å². The Morgan fingerprint density at radius 1 is 1.31 bits per heavy atom. The minimum atomic E-state index is -0.580. The molecular formula is C13H16O3. The molecule has 16 heavy (non-hydrogen) atoms. The second kappa shape index (κ2) is 5.95. The Morgan fingerprint density at radius 3 is 2.50 bits per heavy atom. The molecule has 0 saturated carbocycles. The number of benzene rings is 1. The van der Waals surface area contributed by atoms with Crippen molar-refractivity contribution in [1.29, 1.82) is 0 Å². The van der Waals surface area contributed by atoms with Crippen LogP contribution in [0, 0.1) is 0 Å². The molecule has 0 radical (unpaired) electrons. The highest BCUT2D eigenvalue weighted by molar-refractivity contribution is 5.74. The van der Waals surface area contributed by atoms with Gasteiger partial charge in [0, 0.05) is 0 Å². The lowest BCUT2D eigenvalue weighted by molar-refractivity contribution is -0.149. The minimum absolute atomic E-state index is 0.378. The van der Waals surface area contributed by atoms with E-state index in [-0.39, 0.29) is 5.97 Å². The lowest BCUT2D eigenvalue weighted by atomic mass is 10.1. The first-order chi connectivity index (χ1) is 7.65. The van der Waals surface area contributed by atoms with Crippen LogP contribution >= 0.6 is 0 Å². The Hall–Kier alpha value is -1.77. The molecule has 0 amide bonds. The van der Waals surface area contributed by atoms with E-state index < -0.39 is 6.10 Å². The van der Waals surface area contributed by atoms with Gasteiger partial charge >= 0.3 is 5.97 Å². The molecule has 0 aliphatic heterocycles. The van der Waals surface area contributed by atoms with Crippen molar-refractivity contribution >= 4 is 11.5 Å². The predicted octanol–water partition coefficient (Wildman–Crippen LogP) is 2.63. The summed E-state index contributed by atoms with van der Waals surface area (Å²) in [7, 11) is 1.34. The zero-order valence-electron chi connectivity index (χ0n) is 9.77. The van der Waals surface area contributed by atoms with Gasteiger partial charge in [-0.05, 0) is 25.0 Å². The molecule has 0 aliphatic rings. The number of rotatable bonds is 4. The van der Waals surface area contributed by atoms with Gasteiger partial charge in [0.25, 0.3) is 0 Å². The van der Waals surface area contributed by atoms with Crippen LogP contribution in [0.25, 0.3) is 5.57 Å². The average molecular weight is 220 g/mol. The molecule has 86 valence electrons. The summed E-state index contributed by atoms with van der Waals surface area (Å²) in [6.07, 6.45) is 1.00. The third kappa shape index (κ3) is 3.42. The van der Waals surface area contributed by atoms with E-state index in [1.807, 2.05) is 37.3 Å². The molecule has 0 bridgehead atoms. The van der Waals surface area contributed by atoms with Crippen molar-refractivity contribution in [2.24, 2.45) is 0 Å². The molecule has 0 aliphatic carbocycles. The summed E-state index contributed by atoms with van der Waals surface area (Å²) < 4.78 is 9.83. The zero-order valence-corrected chi connectivity index (χ0v) is 9.77. The summed E-state index contributed by atoms with van der Waals surface area (Å²) in [5.74, 6) is -0.378. The number of carbonyl (C=O) groups excluding carboxylic acids is 1. The maximum absolute atomic E-state index is 11.1. The van der Waals surface area contributed by atoms with Gasteiger partial charge in [0.2, 0.25) is 0 Å². The molecule has 1 atom stereocenters. The second-order valence-electron chi connectivity index (χ2n) is 3.47. The van der Waals surface area contributed by atoms with Gasteiger partial charge < -0.3 is 9.47 Å². The van der Waals surface area contributed by atoms with E-state index in [1.54, 1.807) is 13.2 Å². The number of esters is 1. The Labute approximate surface area is 95.7 Å². The maximum atomic E-state index is 11.1. The summed E-state index contributed by atoms with van der Waals surface area (Å²) in [6, 6.07) is 9.83. The zero-order chi connectivity index (χ0) is 12.0. The summed E-state index contributed by atoms with van der Waals surface area (Å²) in [5, 5.41) is 0. The Morgan fingerprint density at radius 2 is 1.94 bits per heavy atom. The van der Waals surface area contributed by atoms with Crippen LogP contribution in [0.15, 0.2) is 36.6 Å². The molecule has 3 nitrogen and oxygen atoms in total. The highest BCUT2D eigenvalue weighted by atomic mass is 16.6. The number of ether oxygens (including phenoxy) is 2. The fourth-order valence-electron chi connectivity index (χ4n) is 1.19. The summed E-state index contributed by atoms with van der Waals surface area (Å²) in [5.41, 5.74) is 2.04. The number of hydrogen-bond donors (Lipinski definition) is 0. The van der Waals surface area contributed by atoms with Crippen molar-refractivity contribution < 1.29 is 14.3 Å². The smallest absolute Gasteiger partial charge is 0.346 e. The number of carbonyl (C=O) groups is 1. The van der Waals surface area contributed by atoms with Gasteiger partial charge in [-0.2, -0.15) is 0 Å². The minimum Gasteiger partial charge on any atom is -0.486 e. The van der Waals surface area contributed by atoms with Crippen molar-refractivity contribution in [3.8, 4) is 0 Å². The quantitative estimate of drug-likeness (QED) is 0.578. The van der Waals surface area contributed by atoms with Gasteiger partial charge in [0.1, 0.15) is 0 Å². The van der Waals surface area contributed by atoms with Gasteiger partial charge in [-0.1, -0.05) is 30.3 Å². The van der Waals surface area contributed by atoms with Crippen LogP contribution in [-0.2, 0) is 14.3 Å². The largest absolute Gasteiger partial charge is 0.486 e. The molecule has 0 unspecified atom stereocenters.